The van der Waals surface area contributed by atoms with Gasteiger partial charge in [0.15, 0.2) is 0 Å². The molecule has 1 amide bonds. The van der Waals surface area contributed by atoms with Crippen LogP contribution >= 0.6 is 0 Å². The minimum absolute atomic E-state index is 0.362. The molecule has 0 aliphatic rings. The number of amides is 1. The molecule has 0 radical (unpaired) electrons. The van der Waals surface area contributed by atoms with E-state index in [0.29, 0.717) is 11.1 Å². The summed E-state index contributed by atoms with van der Waals surface area (Å²) in [6, 6.07) is 4.39. The van der Waals surface area contributed by atoms with E-state index in [1.165, 1.54) is 6.20 Å². The Bertz CT molecular complexity index is 655. The van der Waals surface area contributed by atoms with Gasteiger partial charge in [0.25, 0.3) is 5.91 Å². The van der Waals surface area contributed by atoms with Gasteiger partial charge in [-0.15, -0.1) is 0 Å². The summed E-state index contributed by atoms with van der Waals surface area (Å²) in [6.45, 7) is 5.30. The van der Waals surface area contributed by atoms with Crippen LogP contribution in [0.15, 0.2) is 30.6 Å². The molecule has 0 saturated carbocycles. The summed E-state index contributed by atoms with van der Waals surface area (Å²) in [4.78, 5) is 23.5. The average molecular weight is 275 g/mol. The molecule has 0 unspecified atom stereocenters. The highest BCUT2D eigenvalue weighted by molar-refractivity contribution is 6.02. The van der Waals surface area contributed by atoms with E-state index < -0.39 is 23.3 Å². The molecule has 0 spiro atoms. The minimum atomic E-state index is -1.05. The van der Waals surface area contributed by atoms with Crippen molar-refractivity contribution in [2.75, 3.05) is 0 Å². The quantitative estimate of drug-likeness (QED) is 0.890. The number of carbonyl (C=O) groups is 2. The van der Waals surface area contributed by atoms with Crippen LogP contribution in [-0.2, 0) is 4.79 Å². The minimum Gasteiger partial charge on any atom is -0.480 e. The topological polar surface area (TPSA) is 83.7 Å². The number of fused-ring (bicyclic) bond motifs is 1. The summed E-state index contributed by atoms with van der Waals surface area (Å²) >= 11 is 0. The Hall–Kier alpha value is -2.37. The maximum Gasteiger partial charge on any atom is 0.326 e. The molecule has 0 aromatic carbocycles. The molecule has 1 atom stereocenters. The predicted molar refractivity (Wildman–Crippen MR) is 73.5 cm³/mol. The lowest BCUT2D eigenvalue weighted by Gasteiger charge is -2.27. The molecule has 2 aromatic rings. The van der Waals surface area contributed by atoms with E-state index in [1.54, 1.807) is 49.7 Å². The molecule has 2 heterocycles. The first-order chi connectivity index (χ1) is 9.30. The number of carboxylic acids is 1. The number of aromatic nitrogens is 2. The van der Waals surface area contributed by atoms with Crippen LogP contribution in [0, 0.1) is 5.41 Å². The number of carboxylic acid groups (broad SMARTS) is 1. The number of carbonyl (C=O) groups excluding carboxylic acids is 1. The summed E-state index contributed by atoms with van der Waals surface area (Å²) < 4.78 is 1.57. The number of nitrogens with zero attached hydrogens (tertiary/aromatic N) is 2. The van der Waals surface area contributed by atoms with Crippen molar-refractivity contribution in [3.05, 3.63) is 36.2 Å². The second kappa shape index (κ2) is 4.96. The Morgan fingerprint density at radius 2 is 2.05 bits per heavy atom. The molecular weight excluding hydrogens is 258 g/mol. The molecule has 6 heteroatoms. The molecule has 0 bridgehead atoms. The third kappa shape index (κ3) is 2.64. The summed E-state index contributed by atoms with van der Waals surface area (Å²) in [5.74, 6) is -1.49. The van der Waals surface area contributed by atoms with Crippen LogP contribution in [0.2, 0.25) is 0 Å². The zero-order chi connectivity index (χ0) is 14.9. The van der Waals surface area contributed by atoms with Crippen molar-refractivity contribution in [3.63, 3.8) is 0 Å². The first-order valence-corrected chi connectivity index (χ1v) is 6.27. The number of pyridine rings is 1. The lowest BCUT2D eigenvalue weighted by Crippen LogP contribution is -2.49. The maximum absolute atomic E-state index is 12.3. The van der Waals surface area contributed by atoms with E-state index in [1.807, 2.05) is 0 Å². The Morgan fingerprint density at radius 1 is 1.35 bits per heavy atom. The summed E-state index contributed by atoms with van der Waals surface area (Å²) in [5, 5.41) is 15.9. The van der Waals surface area contributed by atoms with Crippen molar-refractivity contribution in [1.29, 1.82) is 0 Å². The Kier molecular flexibility index (Phi) is 3.48. The van der Waals surface area contributed by atoms with Crippen LogP contribution in [0.5, 0.6) is 0 Å². The average Bonchev–Trinajstić information content (AvgIpc) is 2.77. The van der Waals surface area contributed by atoms with E-state index in [9.17, 15) is 14.7 Å². The van der Waals surface area contributed by atoms with Crippen molar-refractivity contribution in [3.8, 4) is 0 Å². The molecule has 2 N–H and O–H groups in total. The van der Waals surface area contributed by atoms with Crippen LogP contribution in [-0.4, -0.2) is 32.6 Å². The van der Waals surface area contributed by atoms with Gasteiger partial charge in [0.1, 0.15) is 6.04 Å². The van der Waals surface area contributed by atoms with Gasteiger partial charge in [0, 0.05) is 6.20 Å². The van der Waals surface area contributed by atoms with E-state index >= 15 is 0 Å². The van der Waals surface area contributed by atoms with E-state index in [0.717, 1.165) is 0 Å². The van der Waals surface area contributed by atoms with Gasteiger partial charge in [0.2, 0.25) is 0 Å². The molecule has 0 aliphatic carbocycles. The first-order valence-electron chi connectivity index (χ1n) is 6.27. The zero-order valence-corrected chi connectivity index (χ0v) is 11.6. The number of rotatable bonds is 3. The molecular formula is C14H17N3O3. The Balaban J connectivity index is 2.30. The number of aliphatic carboxylic acids is 1. The molecule has 0 fully saturated rings. The van der Waals surface area contributed by atoms with Gasteiger partial charge < -0.3 is 10.4 Å². The van der Waals surface area contributed by atoms with Crippen LogP contribution in [0.4, 0.5) is 0 Å². The monoisotopic (exact) mass is 275 g/mol. The molecule has 2 aromatic heterocycles. The van der Waals surface area contributed by atoms with E-state index in [-0.39, 0.29) is 0 Å². The van der Waals surface area contributed by atoms with Crippen molar-refractivity contribution >= 4 is 17.4 Å². The van der Waals surface area contributed by atoms with Crippen molar-refractivity contribution in [1.82, 2.24) is 14.9 Å². The molecule has 20 heavy (non-hydrogen) atoms. The van der Waals surface area contributed by atoms with Crippen LogP contribution in [0.25, 0.3) is 5.52 Å². The van der Waals surface area contributed by atoms with Crippen LogP contribution in [0.3, 0.4) is 0 Å². The van der Waals surface area contributed by atoms with Crippen molar-refractivity contribution in [2.45, 2.75) is 26.8 Å². The molecule has 106 valence electrons. The van der Waals surface area contributed by atoms with Crippen molar-refractivity contribution < 1.29 is 14.7 Å². The van der Waals surface area contributed by atoms with Gasteiger partial charge in [0.05, 0.1) is 17.3 Å². The summed E-state index contributed by atoms with van der Waals surface area (Å²) in [7, 11) is 0. The Labute approximate surface area is 116 Å². The normalized spacial score (nSPS) is 13.2. The molecule has 0 saturated heterocycles. The first kappa shape index (κ1) is 14.0. The fourth-order valence-electron chi connectivity index (χ4n) is 1.97. The Morgan fingerprint density at radius 3 is 2.65 bits per heavy atom. The lowest BCUT2D eigenvalue weighted by atomic mass is 9.86. The van der Waals surface area contributed by atoms with Gasteiger partial charge in [-0.3, -0.25) is 4.79 Å². The van der Waals surface area contributed by atoms with Crippen LogP contribution in [0.1, 0.15) is 31.1 Å². The highest BCUT2D eigenvalue weighted by atomic mass is 16.4. The molecule has 2 rings (SSSR count). The van der Waals surface area contributed by atoms with Gasteiger partial charge in [-0.25, -0.2) is 9.31 Å². The lowest BCUT2D eigenvalue weighted by molar-refractivity contribution is -0.142. The molecule has 6 nitrogen and oxygen atoms in total. The fraction of sp³-hybridized carbons (Fsp3) is 0.357. The highest BCUT2D eigenvalue weighted by Crippen LogP contribution is 2.20. The summed E-state index contributed by atoms with van der Waals surface area (Å²) in [6.07, 6.45) is 3.16. The van der Waals surface area contributed by atoms with Crippen LogP contribution < -0.4 is 5.32 Å². The van der Waals surface area contributed by atoms with Gasteiger partial charge in [-0.1, -0.05) is 26.8 Å². The van der Waals surface area contributed by atoms with Gasteiger partial charge >= 0.3 is 5.97 Å². The summed E-state index contributed by atoms with van der Waals surface area (Å²) in [5.41, 5.74) is 0.425. The number of hydrogen-bond acceptors (Lipinski definition) is 3. The fourth-order valence-corrected chi connectivity index (χ4v) is 1.97. The van der Waals surface area contributed by atoms with Gasteiger partial charge in [-0.2, -0.15) is 5.10 Å². The standard InChI is InChI=1S/C14H17N3O3/c1-14(2,3)11(13(19)20)16-12(18)9-8-15-17-7-5-4-6-10(9)17/h4-8,11H,1-3H3,(H,16,18)(H,19,20)/t11-/m1/s1. The van der Waals surface area contributed by atoms with Crippen molar-refractivity contribution in [2.24, 2.45) is 5.41 Å². The van der Waals surface area contributed by atoms with E-state index in [4.69, 9.17) is 0 Å². The molecule has 0 aliphatic heterocycles. The predicted octanol–water partition coefficient (Wildman–Crippen LogP) is 1.56. The zero-order valence-electron chi connectivity index (χ0n) is 11.6. The largest absolute Gasteiger partial charge is 0.480 e. The van der Waals surface area contributed by atoms with E-state index in [2.05, 4.69) is 10.4 Å². The maximum atomic E-state index is 12.3. The second-order valence-electron chi connectivity index (χ2n) is 5.70. The highest BCUT2D eigenvalue weighted by Gasteiger charge is 2.33. The smallest absolute Gasteiger partial charge is 0.326 e. The number of hydrogen-bond donors (Lipinski definition) is 2. The second-order valence-corrected chi connectivity index (χ2v) is 5.70. The SMILES string of the molecule is CC(C)(C)[C@H](NC(=O)c1cnn2ccccc12)C(=O)O. The number of nitrogens with one attached hydrogen (secondary N) is 1. The third-order valence-electron chi connectivity index (χ3n) is 3.06. The third-order valence-corrected chi connectivity index (χ3v) is 3.06. The van der Waals surface area contributed by atoms with Gasteiger partial charge in [-0.05, 0) is 17.5 Å².